The van der Waals surface area contributed by atoms with Crippen LogP contribution in [0.5, 0.6) is 11.5 Å². The van der Waals surface area contributed by atoms with E-state index in [1.165, 1.54) is 0 Å². The molecule has 11 heteroatoms. The molecule has 0 amide bonds. The molecule has 0 bridgehead atoms. The maximum atomic E-state index is 11.8. The minimum Gasteiger partial charge on any atom is -0.404 e. The van der Waals surface area contributed by atoms with Crippen molar-refractivity contribution in [2.45, 2.75) is 12.8 Å². The van der Waals surface area contributed by atoms with Crippen LogP contribution < -0.4 is 9.05 Å². The van der Waals surface area contributed by atoms with Crippen LogP contribution in [0.3, 0.4) is 0 Å². The molecule has 0 fully saturated rings. The Labute approximate surface area is 169 Å². The zero-order valence-corrected chi connectivity index (χ0v) is 17.5. The largest absolute Gasteiger partial charge is 0.527 e. The topological polar surface area (TPSA) is 121 Å². The van der Waals surface area contributed by atoms with E-state index in [0.29, 0.717) is 12.8 Å². The fourth-order valence-electron chi connectivity index (χ4n) is 2.07. The van der Waals surface area contributed by atoms with Crippen LogP contribution in [0.4, 0.5) is 0 Å². The van der Waals surface area contributed by atoms with Gasteiger partial charge in [0.25, 0.3) is 0 Å². The van der Waals surface area contributed by atoms with E-state index in [2.05, 4.69) is 0 Å². The molecule has 0 radical (unpaired) electrons. The summed E-state index contributed by atoms with van der Waals surface area (Å²) in [4.78, 5) is 19.2. The lowest BCUT2D eigenvalue weighted by Crippen LogP contribution is -2.06. The summed E-state index contributed by atoms with van der Waals surface area (Å²) >= 11 is 0. The van der Waals surface area contributed by atoms with Gasteiger partial charge in [-0.2, -0.15) is 0 Å². The van der Waals surface area contributed by atoms with Crippen molar-refractivity contribution in [1.82, 2.24) is 0 Å². The number of ether oxygens (including phenoxy) is 1. The van der Waals surface area contributed by atoms with Crippen molar-refractivity contribution >= 4 is 15.6 Å². The van der Waals surface area contributed by atoms with E-state index in [1.807, 2.05) is 0 Å². The Morgan fingerprint density at radius 3 is 1.38 bits per heavy atom. The summed E-state index contributed by atoms with van der Waals surface area (Å²) < 4.78 is 48.4. The summed E-state index contributed by atoms with van der Waals surface area (Å²) in [6, 6.07) is 16.4. The third-order valence-electron chi connectivity index (χ3n) is 3.30. The first-order chi connectivity index (χ1) is 13.9. The summed E-state index contributed by atoms with van der Waals surface area (Å²) in [5.41, 5.74) is 0. The van der Waals surface area contributed by atoms with Crippen molar-refractivity contribution in [3.8, 4) is 11.5 Å². The second-order valence-electron chi connectivity index (χ2n) is 5.73. The van der Waals surface area contributed by atoms with Gasteiger partial charge in [0.05, 0.1) is 13.2 Å². The van der Waals surface area contributed by atoms with E-state index >= 15 is 0 Å². The molecule has 0 heterocycles. The summed E-state index contributed by atoms with van der Waals surface area (Å²) in [5.74, 6) is 0.485. The second-order valence-corrected chi connectivity index (χ2v) is 8.49. The third kappa shape index (κ3) is 10.6. The monoisotopic (exact) mass is 446 g/mol. The van der Waals surface area contributed by atoms with Crippen molar-refractivity contribution in [1.29, 1.82) is 0 Å². The second kappa shape index (κ2) is 12.1. The van der Waals surface area contributed by atoms with Gasteiger partial charge in [-0.3, -0.25) is 18.8 Å². The fourth-order valence-corrected chi connectivity index (χ4v) is 3.67. The van der Waals surface area contributed by atoms with Gasteiger partial charge in [-0.25, -0.2) is 9.13 Å². The van der Waals surface area contributed by atoms with E-state index in [0.717, 1.165) is 0 Å². The molecular weight excluding hydrogens is 422 g/mol. The van der Waals surface area contributed by atoms with Crippen LogP contribution in [0, 0.1) is 0 Å². The summed E-state index contributed by atoms with van der Waals surface area (Å²) in [5, 5.41) is 0. The van der Waals surface area contributed by atoms with Crippen LogP contribution in [0.2, 0.25) is 0 Å². The van der Waals surface area contributed by atoms with Gasteiger partial charge in [-0.05, 0) is 37.1 Å². The molecule has 0 saturated carbocycles. The van der Waals surface area contributed by atoms with Crippen molar-refractivity contribution in [3.05, 3.63) is 60.7 Å². The smallest absolute Gasteiger partial charge is 0.404 e. The quantitative estimate of drug-likeness (QED) is 0.325. The van der Waals surface area contributed by atoms with Crippen LogP contribution in [0.25, 0.3) is 0 Å². The van der Waals surface area contributed by atoms with E-state index in [4.69, 9.17) is 22.8 Å². The normalized spacial score (nSPS) is 15.2. The van der Waals surface area contributed by atoms with E-state index < -0.39 is 15.6 Å². The Balaban J connectivity index is 1.49. The zero-order chi connectivity index (χ0) is 21.0. The molecule has 0 aliphatic heterocycles. The molecule has 160 valence electrons. The standard InChI is InChI=1S/C18H24O9P2/c19-28(20,26-17-9-3-1-4-10-17)24-15-7-13-23-14-8-16-25-29(21,22)27-18-11-5-2-6-12-18/h1-6,9-12H,7-8,13-16H2,(H,19,20)(H,21,22). The molecule has 2 aromatic rings. The van der Waals surface area contributed by atoms with Gasteiger partial charge in [0, 0.05) is 13.2 Å². The highest BCUT2D eigenvalue weighted by atomic mass is 31.2. The van der Waals surface area contributed by atoms with E-state index in [9.17, 15) is 18.9 Å². The minimum absolute atomic E-state index is 0.0200. The summed E-state index contributed by atoms with van der Waals surface area (Å²) in [6.45, 7) is 0.521. The van der Waals surface area contributed by atoms with Gasteiger partial charge in [-0.15, -0.1) is 0 Å². The highest BCUT2D eigenvalue weighted by Crippen LogP contribution is 2.44. The maximum Gasteiger partial charge on any atom is 0.527 e. The summed E-state index contributed by atoms with van der Waals surface area (Å²) in [7, 11) is -8.35. The molecular formula is C18H24O9P2. The predicted molar refractivity (Wildman–Crippen MR) is 106 cm³/mol. The lowest BCUT2D eigenvalue weighted by molar-refractivity contribution is 0.0977. The Morgan fingerprint density at radius 2 is 1.00 bits per heavy atom. The van der Waals surface area contributed by atoms with Crippen LogP contribution >= 0.6 is 15.6 Å². The lowest BCUT2D eigenvalue weighted by Gasteiger charge is -2.13. The predicted octanol–water partition coefficient (Wildman–Crippen LogP) is 4.18. The molecule has 0 aliphatic rings. The summed E-state index contributed by atoms with van der Waals surface area (Å²) in [6.07, 6.45) is 0.748. The molecule has 9 nitrogen and oxygen atoms in total. The molecule has 29 heavy (non-hydrogen) atoms. The van der Waals surface area contributed by atoms with Crippen LogP contribution in [-0.4, -0.2) is 36.2 Å². The SMILES string of the molecule is O=P(O)(OCCCOCCCOP(=O)(O)Oc1ccccc1)Oc1ccccc1. The van der Waals surface area contributed by atoms with Crippen molar-refractivity contribution < 1.29 is 41.7 Å². The first kappa shape index (κ1) is 23.6. The van der Waals surface area contributed by atoms with Gasteiger partial charge in [0.15, 0.2) is 0 Å². The molecule has 2 N–H and O–H groups in total. The van der Waals surface area contributed by atoms with Crippen LogP contribution in [0.1, 0.15) is 12.8 Å². The number of phosphoric ester groups is 2. The Bertz CT molecular complexity index is 734. The molecule has 2 rings (SSSR count). The average molecular weight is 446 g/mol. The zero-order valence-electron chi connectivity index (χ0n) is 15.7. The van der Waals surface area contributed by atoms with Gasteiger partial charge in [0.2, 0.25) is 0 Å². The molecule has 2 atom stereocenters. The fraction of sp³-hybridized carbons (Fsp3) is 0.333. The first-order valence-electron chi connectivity index (χ1n) is 8.88. The molecule has 0 saturated heterocycles. The van der Waals surface area contributed by atoms with Gasteiger partial charge in [0.1, 0.15) is 11.5 Å². The van der Waals surface area contributed by atoms with Crippen molar-refractivity contribution in [2.24, 2.45) is 0 Å². The van der Waals surface area contributed by atoms with E-state index in [-0.39, 0.29) is 37.9 Å². The van der Waals surface area contributed by atoms with Gasteiger partial charge < -0.3 is 13.8 Å². The molecule has 2 unspecified atom stereocenters. The number of benzene rings is 2. The number of hydrogen-bond donors (Lipinski definition) is 2. The van der Waals surface area contributed by atoms with Crippen molar-refractivity contribution in [2.75, 3.05) is 26.4 Å². The van der Waals surface area contributed by atoms with Crippen LogP contribution in [-0.2, 0) is 22.9 Å². The van der Waals surface area contributed by atoms with Gasteiger partial charge in [-0.1, -0.05) is 36.4 Å². The number of hydrogen-bond acceptors (Lipinski definition) is 7. The highest BCUT2D eigenvalue weighted by molar-refractivity contribution is 7.48. The average Bonchev–Trinajstić information content (AvgIpc) is 2.67. The third-order valence-corrected chi connectivity index (χ3v) is 5.20. The number of rotatable bonds is 14. The minimum atomic E-state index is -4.18. The molecule has 0 aromatic heterocycles. The first-order valence-corrected chi connectivity index (χ1v) is 11.9. The van der Waals surface area contributed by atoms with Gasteiger partial charge >= 0.3 is 15.6 Å². The van der Waals surface area contributed by atoms with E-state index in [1.54, 1.807) is 60.7 Å². The van der Waals surface area contributed by atoms with Crippen LogP contribution in [0.15, 0.2) is 60.7 Å². The molecule has 0 spiro atoms. The Kier molecular flexibility index (Phi) is 9.84. The number of para-hydroxylation sites is 2. The Hall–Kier alpha value is -1.70. The number of phosphoric acid groups is 2. The molecule has 0 aliphatic carbocycles. The lowest BCUT2D eigenvalue weighted by atomic mass is 10.3. The maximum absolute atomic E-state index is 11.8. The molecule has 2 aromatic carbocycles. The highest BCUT2D eigenvalue weighted by Gasteiger charge is 2.23. The Morgan fingerprint density at radius 1 is 0.621 bits per heavy atom. The van der Waals surface area contributed by atoms with Crippen molar-refractivity contribution in [3.63, 3.8) is 0 Å².